The Kier molecular flexibility index (Phi) is 7.87. The van der Waals surface area contributed by atoms with Crippen LogP contribution in [0.1, 0.15) is 45.4 Å². The summed E-state index contributed by atoms with van der Waals surface area (Å²) in [5, 5.41) is 3.04. The Morgan fingerprint density at radius 1 is 1.23 bits per heavy atom. The summed E-state index contributed by atoms with van der Waals surface area (Å²) in [5.41, 5.74) is 0. The zero-order valence-electron chi connectivity index (χ0n) is 17.3. The first-order valence-electron chi connectivity index (χ1n) is 10.5. The topological polar surface area (TPSA) is 102 Å². The van der Waals surface area contributed by atoms with Gasteiger partial charge in [0.15, 0.2) is 6.10 Å². The lowest BCUT2D eigenvalue weighted by atomic mass is 9.95. The fraction of sp³-hybridized carbons (Fsp3) is 0.524. The Hall–Kier alpha value is -2.39. The largest absolute Gasteiger partial charge is 0.481 e. The molecule has 0 aliphatic heterocycles. The van der Waals surface area contributed by atoms with Crippen molar-refractivity contribution < 1.29 is 17.9 Å². The average Bonchev–Trinajstić information content (AvgIpc) is 3.26. The second-order valence-electron chi connectivity index (χ2n) is 7.63. The quantitative estimate of drug-likeness (QED) is 0.559. The van der Waals surface area contributed by atoms with Crippen LogP contribution < -0.4 is 14.8 Å². The van der Waals surface area contributed by atoms with E-state index in [1.165, 1.54) is 18.6 Å². The number of aromatic nitrogens is 2. The second-order valence-corrected chi connectivity index (χ2v) is 9.39. The molecule has 3 rings (SSSR count). The molecule has 1 aliphatic carbocycles. The number of rotatable bonds is 10. The fourth-order valence-electron chi connectivity index (χ4n) is 3.49. The number of aryl methyl sites for hydroxylation is 1. The van der Waals surface area contributed by atoms with E-state index >= 15 is 0 Å². The summed E-state index contributed by atoms with van der Waals surface area (Å²) in [5.74, 6) is 0.318. The summed E-state index contributed by atoms with van der Waals surface area (Å²) in [6.45, 7) is 2.72. The first-order valence-corrected chi connectivity index (χ1v) is 11.9. The van der Waals surface area contributed by atoms with Gasteiger partial charge in [0, 0.05) is 31.5 Å². The Morgan fingerprint density at radius 2 is 1.97 bits per heavy atom. The minimum absolute atomic E-state index is 0.141. The standard InChI is InChI=1S/C21H30N4O4S/c1-17(21(26)24-18-6-3-2-4-7-18)29-19-8-10-20(11-9-19)30(27,28)23-12-5-14-25-15-13-22-16-25/h8-11,13,15-18,23H,2-7,12,14H2,1H3,(H,24,26)/t17-/m0/s1. The molecule has 8 nitrogen and oxygen atoms in total. The second kappa shape index (κ2) is 10.6. The zero-order chi connectivity index (χ0) is 21.4. The van der Waals surface area contributed by atoms with E-state index in [0.717, 1.165) is 25.7 Å². The first-order chi connectivity index (χ1) is 14.4. The van der Waals surface area contributed by atoms with Crippen LogP contribution in [0.25, 0.3) is 0 Å². The third-order valence-corrected chi connectivity index (χ3v) is 6.69. The van der Waals surface area contributed by atoms with Crippen LogP contribution in [0.4, 0.5) is 0 Å². The maximum atomic E-state index is 12.4. The van der Waals surface area contributed by atoms with Crippen LogP contribution in [0.2, 0.25) is 0 Å². The van der Waals surface area contributed by atoms with Gasteiger partial charge < -0.3 is 14.6 Å². The van der Waals surface area contributed by atoms with Crippen molar-refractivity contribution in [3.63, 3.8) is 0 Å². The van der Waals surface area contributed by atoms with Crippen molar-refractivity contribution in [2.75, 3.05) is 6.54 Å². The van der Waals surface area contributed by atoms with Crippen molar-refractivity contribution in [3.05, 3.63) is 43.0 Å². The van der Waals surface area contributed by atoms with Gasteiger partial charge in [-0.05, 0) is 50.5 Å². The highest BCUT2D eigenvalue weighted by molar-refractivity contribution is 7.89. The van der Waals surface area contributed by atoms with Gasteiger partial charge in [0.05, 0.1) is 11.2 Å². The Morgan fingerprint density at radius 3 is 2.63 bits per heavy atom. The smallest absolute Gasteiger partial charge is 0.260 e. The molecule has 1 fully saturated rings. The fourth-order valence-corrected chi connectivity index (χ4v) is 4.57. The molecule has 1 atom stereocenters. The molecule has 0 bridgehead atoms. The van der Waals surface area contributed by atoms with E-state index in [-0.39, 0.29) is 16.8 Å². The normalized spacial score (nSPS) is 16.2. The van der Waals surface area contributed by atoms with Crippen LogP contribution in [0, 0.1) is 0 Å². The van der Waals surface area contributed by atoms with Crippen LogP contribution in [-0.4, -0.2) is 42.6 Å². The van der Waals surface area contributed by atoms with Crippen molar-refractivity contribution in [2.45, 2.75) is 69.0 Å². The number of nitrogens with one attached hydrogen (secondary N) is 2. The predicted octanol–water partition coefficient (Wildman–Crippen LogP) is 2.47. The summed E-state index contributed by atoms with van der Waals surface area (Å²) in [7, 11) is -3.59. The number of imidazole rings is 1. The number of ether oxygens (including phenoxy) is 1. The highest BCUT2D eigenvalue weighted by atomic mass is 32.2. The summed E-state index contributed by atoms with van der Waals surface area (Å²) in [4.78, 5) is 16.4. The van der Waals surface area contributed by atoms with Gasteiger partial charge >= 0.3 is 0 Å². The number of amides is 1. The van der Waals surface area contributed by atoms with E-state index in [0.29, 0.717) is 25.3 Å². The van der Waals surface area contributed by atoms with Gasteiger partial charge in [-0.1, -0.05) is 19.3 Å². The van der Waals surface area contributed by atoms with Crippen molar-refractivity contribution in [1.82, 2.24) is 19.6 Å². The van der Waals surface area contributed by atoms with Crippen LogP contribution in [0.3, 0.4) is 0 Å². The number of hydrogen-bond acceptors (Lipinski definition) is 5. The van der Waals surface area contributed by atoms with E-state index in [2.05, 4.69) is 15.0 Å². The van der Waals surface area contributed by atoms with E-state index in [9.17, 15) is 13.2 Å². The van der Waals surface area contributed by atoms with Gasteiger partial charge in [-0.3, -0.25) is 4.79 Å². The van der Waals surface area contributed by atoms with E-state index in [1.54, 1.807) is 31.6 Å². The molecule has 1 saturated carbocycles. The molecule has 1 aromatic carbocycles. The van der Waals surface area contributed by atoms with Gasteiger partial charge in [-0.25, -0.2) is 18.1 Å². The Bertz CT molecular complexity index is 892. The van der Waals surface area contributed by atoms with Crippen LogP contribution in [0.15, 0.2) is 47.9 Å². The molecule has 1 aliphatic rings. The molecule has 0 unspecified atom stereocenters. The molecule has 1 heterocycles. The molecule has 0 saturated heterocycles. The Balaban J connectivity index is 1.46. The molecular weight excluding hydrogens is 404 g/mol. The van der Waals surface area contributed by atoms with Gasteiger partial charge in [0.2, 0.25) is 10.0 Å². The average molecular weight is 435 g/mol. The minimum atomic E-state index is -3.59. The molecule has 2 N–H and O–H groups in total. The summed E-state index contributed by atoms with van der Waals surface area (Å²) in [6.07, 6.45) is 10.8. The highest BCUT2D eigenvalue weighted by Gasteiger charge is 2.21. The summed E-state index contributed by atoms with van der Waals surface area (Å²) in [6, 6.07) is 6.35. The molecular formula is C21H30N4O4S. The lowest BCUT2D eigenvalue weighted by molar-refractivity contribution is -0.128. The predicted molar refractivity (Wildman–Crippen MR) is 114 cm³/mol. The molecule has 30 heavy (non-hydrogen) atoms. The van der Waals surface area contributed by atoms with E-state index < -0.39 is 16.1 Å². The van der Waals surface area contributed by atoms with Crippen molar-refractivity contribution in [3.8, 4) is 5.75 Å². The molecule has 9 heteroatoms. The first kappa shape index (κ1) is 22.3. The summed E-state index contributed by atoms with van der Waals surface area (Å²) < 4.78 is 35.0. The molecule has 0 radical (unpaired) electrons. The SMILES string of the molecule is C[C@H](Oc1ccc(S(=O)(=O)NCCCn2ccnc2)cc1)C(=O)NC1CCCCC1. The maximum Gasteiger partial charge on any atom is 0.260 e. The van der Waals surface area contributed by atoms with Crippen LogP contribution in [0.5, 0.6) is 5.75 Å². The van der Waals surface area contributed by atoms with Gasteiger partial charge in [-0.2, -0.15) is 0 Å². The summed E-state index contributed by atoms with van der Waals surface area (Å²) >= 11 is 0. The Labute approximate surface area is 178 Å². The number of nitrogens with zero attached hydrogens (tertiary/aromatic N) is 2. The number of carbonyl (C=O) groups is 1. The zero-order valence-corrected chi connectivity index (χ0v) is 18.1. The van der Waals surface area contributed by atoms with Crippen molar-refractivity contribution >= 4 is 15.9 Å². The van der Waals surface area contributed by atoms with Crippen LogP contribution >= 0.6 is 0 Å². The van der Waals surface area contributed by atoms with Gasteiger partial charge in [0.1, 0.15) is 5.75 Å². The number of carbonyl (C=O) groups excluding carboxylic acids is 1. The minimum Gasteiger partial charge on any atom is -0.481 e. The third kappa shape index (κ3) is 6.56. The third-order valence-electron chi connectivity index (χ3n) is 5.21. The lowest BCUT2D eigenvalue weighted by Crippen LogP contribution is -2.43. The van der Waals surface area contributed by atoms with E-state index in [1.807, 2.05) is 10.8 Å². The molecule has 1 amide bonds. The van der Waals surface area contributed by atoms with Gasteiger partial charge in [-0.15, -0.1) is 0 Å². The molecule has 164 valence electrons. The monoisotopic (exact) mass is 434 g/mol. The van der Waals surface area contributed by atoms with Crippen molar-refractivity contribution in [1.29, 1.82) is 0 Å². The molecule has 0 spiro atoms. The number of hydrogen-bond donors (Lipinski definition) is 2. The lowest BCUT2D eigenvalue weighted by Gasteiger charge is -2.24. The number of benzene rings is 1. The van der Waals surface area contributed by atoms with Crippen LogP contribution in [-0.2, 0) is 21.4 Å². The number of sulfonamides is 1. The van der Waals surface area contributed by atoms with Gasteiger partial charge in [0.25, 0.3) is 5.91 Å². The van der Waals surface area contributed by atoms with Crippen molar-refractivity contribution in [2.24, 2.45) is 0 Å². The molecule has 1 aromatic heterocycles. The maximum absolute atomic E-state index is 12.4. The molecule has 2 aromatic rings. The van der Waals surface area contributed by atoms with E-state index in [4.69, 9.17) is 4.74 Å². The highest BCUT2D eigenvalue weighted by Crippen LogP contribution is 2.19.